The van der Waals surface area contributed by atoms with Crippen molar-refractivity contribution < 1.29 is 43.5 Å². The molecule has 0 fully saturated rings. The Balaban J connectivity index is 0.000000227. The molecule has 0 radical (unpaired) electrons. The second-order valence-corrected chi connectivity index (χ2v) is 12.1. The summed E-state index contributed by atoms with van der Waals surface area (Å²) in [5.41, 5.74) is 1.30. The standard InChI is InChI=1S/C12H14N2O3.C10H18O5.C8H7NO/c1-12(2,3)17-11(16)14-7-13-9-5-4-8(15)6-10(9)14;1-9(2,3)14-7(11)13-8(12)15-10(4,5)6;10-7-1-2-8-6(5-7)3-4-9-8/h4-7,15H,1-3H3;1-6H3;1-2,4-5,10H,3H2. The normalized spacial score (nSPS) is 12.2. The highest BCUT2D eigenvalue weighted by atomic mass is 16.8. The Morgan fingerprint density at radius 2 is 1.29 bits per heavy atom. The molecule has 1 aromatic heterocycles. The predicted octanol–water partition coefficient (Wildman–Crippen LogP) is 7.05. The fourth-order valence-corrected chi connectivity index (χ4v) is 3.17. The van der Waals surface area contributed by atoms with Gasteiger partial charge >= 0.3 is 18.4 Å². The lowest BCUT2D eigenvalue weighted by molar-refractivity contribution is -0.0294. The Bertz CT molecular complexity index is 1410. The van der Waals surface area contributed by atoms with Crippen LogP contribution in [0.5, 0.6) is 11.5 Å². The van der Waals surface area contributed by atoms with Gasteiger partial charge in [-0.2, -0.15) is 0 Å². The zero-order chi connectivity index (χ0) is 31.9. The van der Waals surface area contributed by atoms with E-state index < -0.39 is 35.2 Å². The van der Waals surface area contributed by atoms with Crippen molar-refractivity contribution in [3.05, 3.63) is 48.3 Å². The van der Waals surface area contributed by atoms with Crippen LogP contribution in [0.4, 0.5) is 20.1 Å². The molecule has 4 rings (SSSR count). The van der Waals surface area contributed by atoms with Crippen LogP contribution >= 0.6 is 0 Å². The van der Waals surface area contributed by atoms with Gasteiger partial charge in [0.1, 0.15) is 34.6 Å². The number of hydrogen-bond acceptors (Lipinski definition) is 11. The number of aromatic nitrogens is 2. The highest BCUT2D eigenvalue weighted by molar-refractivity contribution is 5.87. The summed E-state index contributed by atoms with van der Waals surface area (Å²) in [5.74, 6) is 0.409. The molecule has 0 unspecified atom stereocenters. The number of aromatic hydroxyl groups is 2. The Morgan fingerprint density at radius 1 is 0.762 bits per heavy atom. The van der Waals surface area contributed by atoms with Gasteiger partial charge in [0.05, 0.1) is 16.7 Å². The van der Waals surface area contributed by atoms with Crippen molar-refractivity contribution in [3.8, 4) is 11.5 Å². The Labute approximate surface area is 244 Å². The molecule has 1 aliphatic heterocycles. The maximum Gasteiger partial charge on any atom is 0.519 e. The highest BCUT2D eigenvalue weighted by Gasteiger charge is 2.24. The van der Waals surface area contributed by atoms with Crippen LogP contribution < -0.4 is 0 Å². The van der Waals surface area contributed by atoms with Crippen LogP contribution in [0.1, 0.15) is 67.9 Å². The third-order valence-corrected chi connectivity index (χ3v) is 4.67. The van der Waals surface area contributed by atoms with Crippen molar-refractivity contribution >= 4 is 41.3 Å². The van der Waals surface area contributed by atoms with E-state index in [4.69, 9.17) is 19.3 Å². The number of nitrogens with zero attached hydrogens (tertiary/aromatic N) is 3. The number of rotatable bonds is 0. The summed E-state index contributed by atoms with van der Waals surface area (Å²) in [4.78, 5) is 42.1. The highest BCUT2D eigenvalue weighted by Crippen LogP contribution is 2.27. The predicted molar refractivity (Wildman–Crippen MR) is 157 cm³/mol. The molecule has 0 amide bonds. The molecule has 228 valence electrons. The van der Waals surface area contributed by atoms with Crippen LogP contribution in [-0.2, 0) is 25.4 Å². The zero-order valence-corrected chi connectivity index (χ0v) is 25.4. The fourth-order valence-electron chi connectivity index (χ4n) is 3.17. The van der Waals surface area contributed by atoms with Crippen molar-refractivity contribution in [1.29, 1.82) is 0 Å². The molecule has 0 aliphatic carbocycles. The van der Waals surface area contributed by atoms with Crippen LogP contribution in [0.3, 0.4) is 0 Å². The summed E-state index contributed by atoms with van der Waals surface area (Å²) >= 11 is 0. The van der Waals surface area contributed by atoms with E-state index in [1.165, 1.54) is 23.0 Å². The minimum Gasteiger partial charge on any atom is -0.508 e. The van der Waals surface area contributed by atoms with E-state index in [1.807, 2.05) is 12.3 Å². The van der Waals surface area contributed by atoms with Gasteiger partial charge in [0.2, 0.25) is 0 Å². The second-order valence-electron chi connectivity index (χ2n) is 12.1. The molecule has 0 atom stereocenters. The first-order valence-electron chi connectivity index (χ1n) is 13.1. The molecular formula is C30H39N3O9. The van der Waals surface area contributed by atoms with Crippen molar-refractivity contribution in [3.63, 3.8) is 0 Å². The molecule has 2 aromatic carbocycles. The smallest absolute Gasteiger partial charge is 0.508 e. The SMILES string of the molecule is CC(C)(C)OC(=O)OC(=O)OC(C)(C)C.CC(C)(C)OC(=O)n1cnc2ccc(O)cc21.Oc1ccc2c(c1)CC=N2. The number of carbonyl (C=O) groups is 3. The second kappa shape index (κ2) is 13.4. The van der Waals surface area contributed by atoms with Gasteiger partial charge in [0, 0.05) is 18.7 Å². The van der Waals surface area contributed by atoms with Gasteiger partial charge in [-0.25, -0.2) is 23.9 Å². The topological polar surface area (TPSA) is 159 Å². The van der Waals surface area contributed by atoms with E-state index in [9.17, 15) is 19.5 Å². The maximum absolute atomic E-state index is 11.9. The van der Waals surface area contributed by atoms with E-state index in [-0.39, 0.29) is 5.75 Å². The van der Waals surface area contributed by atoms with Crippen LogP contribution in [0.15, 0.2) is 47.7 Å². The lowest BCUT2D eigenvalue weighted by Gasteiger charge is -2.20. The number of aliphatic imine (C=N–C) groups is 1. The zero-order valence-electron chi connectivity index (χ0n) is 25.4. The van der Waals surface area contributed by atoms with Crippen LogP contribution in [0, 0.1) is 0 Å². The summed E-state index contributed by atoms with van der Waals surface area (Å²) in [7, 11) is 0. The average molecular weight is 586 g/mol. The van der Waals surface area contributed by atoms with E-state index in [0.29, 0.717) is 16.8 Å². The number of imidazole rings is 1. The number of phenols is 2. The van der Waals surface area contributed by atoms with E-state index >= 15 is 0 Å². The van der Waals surface area contributed by atoms with E-state index in [2.05, 4.69) is 14.7 Å². The van der Waals surface area contributed by atoms with Gasteiger partial charge in [0.25, 0.3) is 0 Å². The first kappa shape index (κ1) is 33.6. The average Bonchev–Trinajstić information content (AvgIpc) is 3.42. The lowest BCUT2D eigenvalue weighted by atomic mass is 10.1. The first-order chi connectivity index (χ1) is 19.2. The number of ether oxygens (including phenoxy) is 4. The number of carbonyl (C=O) groups excluding carboxylic acids is 3. The first-order valence-corrected chi connectivity index (χ1v) is 13.1. The lowest BCUT2D eigenvalue weighted by Crippen LogP contribution is -2.29. The molecule has 0 bridgehead atoms. The largest absolute Gasteiger partial charge is 0.519 e. The van der Waals surface area contributed by atoms with Gasteiger partial charge in [-0.1, -0.05) is 0 Å². The third-order valence-electron chi connectivity index (χ3n) is 4.67. The van der Waals surface area contributed by atoms with Crippen molar-refractivity contribution in [2.45, 2.75) is 85.5 Å². The molecule has 2 N–H and O–H groups in total. The summed E-state index contributed by atoms with van der Waals surface area (Å²) < 4.78 is 20.3. The van der Waals surface area contributed by atoms with Gasteiger partial charge in [0.15, 0.2) is 0 Å². The fraction of sp³-hybridized carbons (Fsp3) is 0.433. The van der Waals surface area contributed by atoms with Gasteiger partial charge in [-0.3, -0.25) is 4.99 Å². The number of hydrogen-bond donors (Lipinski definition) is 2. The summed E-state index contributed by atoms with van der Waals surface area (Å²) in [6.07, 6.45) is 1.46. The van der Waals surface area contributed by atoms with E-state index in [1.54, 1.807) is 80.5 Å². The summed E-state index contributed by atoms with van der Waals surface area (Å²) in [6.45, 7) is 15.4. The maximum atomic E-state index is 11.9. The van der Waals surface area contributed by atoms with Crippen LogP contribution in [0.2, 0.25) is 0 Å². The van der Waals surface area contributed by atoms with Gasteiger partial charge in [-0.05, 0) is 98.2 Å². The molecule has 3 aromatic rings. The third kappa shape index (κ3) is 11.9. The summed E-state index contributed by atoms with van der Waals surface area (Å²) in [5, 5.41) is 18.4. The Kier molecular flexibility index (Phi) is 10.7. The minimum atomic E-state index is -1.06. The van der Waals surface area contributed by atoms with Crippen molar-refractivity contribution in [1.82, 2.24) is 9.55 Å². The van der Waals surface area contributed by atoms with Crippen molar-refractivity contribution in [2.24, 2.45) is 4.99 Å². The van der Waals surface area contributed by atoms with Crippen molar-refractivity contribution in [2.75, 3.05) is 0 Å². The molecule has 42 heavy (non-hydrogen) atoms. The molecule has 2 heterocycles. The molecule has 0 saturated heterocycles. The molecule has 1 aliphatic rings. The van der Waals surface area contributed by atoms with Gasteiger partial charge < -0.3 is 29.2 Å². The molecular weight excluding hydrogens is 546 g/mol. The molecule has 0 spiro atoms. The summed E-state index contributed by atoms with van der Waals surface area (Å²) in [6, 6.07) is 9.88. The molecule has 12 heteroatoms. The van der Waals surface area contributed by atoms with Crippen LogP contribution in [0.25, 0.3) is 11.0 Å². The monoisotopic (exact) mass is 585 g/mol. The quantitative estimate of drug-likeness (QED) is 0.159. The van der Waals surface area contributed by atoms with Gasteiger partial charge in [-0.15, -0.1) is 0 Å². The molecule has 12 nitrogen and oxygen atoms in total. The minimum absolute atomic E-state index is 0.0859. The number of benzene rings is 2. The number of fused-ring (bicyclic) bond motifs is 2. The van der Waals surface area contributed by atoms with E-state index in [0.717, 1.165) is 17.7 Å². The Hall–Kier alpha value is -4.61. The molecule has 0 saturated carbocycles. The van der Waals surface area contributed by atoms with Crippen LogP contribution in [-0.4, -0.2) is 61.2 Å². The number of phenolic OH excluding ortho intramolecular Hbond substituents is 2. The Morgan fingerprint density at radius 3 is 1.83 bits per heavy atom.